The van der Waals surface area contributed by atoms with Crippen LogP contribution >= 0.6 is 0 Å². The third kappa shape index (κ3) is 13.2. The van der Waals surface area contributed by atoms with Crippen molar-refractivity contribution in [3.05, 3.63) is 96.1 Å². The molecular formula is C40H44N12O16S4. The highest BCUT2D eigenvalue weighted by Gasteiger charge is 2.25. The lowest BCUT2D eigenvalue weighted by Gasteiger charge is -2.24. The minimum Gasteiger partial charge on any atom is -0.395 e. The van der Waals surface area contributed by atoms with Gasteiger partial charge in [-0.2, -0.15) is 63.6 Å². The molecule has 0 fully saturated rings. The van der Waals surface area contributed by atoms with Gasteiger partial charge in [0.05, 0.1) is 47.6 Å². The molecule has 0 atom stereocenters. The minimum absolute atomic E-state index is 0.0305. The highest BCUT2D eigenvalue weighted by molar-refractivity contribution is 7.86. The van der Waals surface area contributed by atoms with Crippen molar-refractivity contribution in [2.24, 2.45) is 11.7 Å². The van der Waals surface area contributed by atoms with Crippen molar-refractivity contribution >= 4 is 87.8 Å². The predicted molar refractivity (Wildman–Crippen MR) is 257 cm³/mol. The Bertz CT molecular complexity index is 3230. The third-order valence-electron chi connectivity index (χ3n) is 10.0. The van der Waals surface area contributed by atoms with Gasteiger partial charge >= 0.3 is 0 Å². The van der Waals surface area contributed by atoms with Crippen LogP contribution in [0.2, 0.25) is 0 Å². The number of aliphatic hydroxyl groups is 4. The van der Waals surface area contributed by atoms with Gasteiger partial charge in [0.2, 0.25) is 23.8 Å². The molecule has 72 heavy (non-hydrogen) atoms. The molecule has 0 unspecified atom stereocenters. The molecule has 0 amide bonds. The fraction of sp³-hybridized carbons (Fsp3) is 0.200. The zero-order valence-electron chi connectivity index (χ0n) is 37.0. The smallest absolute Gasteiger partial charge is 0.295 e. The molecule has 4 aromatic carbocycles. The Hall–Kier alpha value is -6.76. The van der Waals surface area contributed by atoms with Gasteiger partial charge < -0.3 is 30.2 Å². The van der Waals surface area contributed by atoms with Gasteiger partial charge in [0.25, 0.3) is 40.5 Å². The van der Waals surface area contributed by atoms with Gasteiger partial charge in [-0.05, 0) is 59.7 Å². The highest BCUT2D eigenvalue weighted by atomic mass is 32.2. The zero-order valence-corrected chi connectivity index (χ0v) is 40.3. The van der Waals surface area contributed by atoms with Crippen molar-refractivity contribution in [2.45, 2.75) is 19.6 Å². The molecular weight excluding hydrogens is 1030 g/mol. The quantitative estimate of drug-likeness (QED) is 0.0187. The molecule has 2 aromatic heterocycles. The van der Waals surface area contributed by atoms with Crippen molar-refractivity contribution in [3.8, 4) is 22.8 Å². The van der Waals surface area contributed by atoms with E-state index < -0.39 is 98.4 Å². The van der Waals surface area contributed by atoms with E-state index in [0.717, 1.165) is 70.7 Å². The standard InChI is InChI=1S/C40H44N12O16S4/c41-51(39-45-35(27-3-1-5-31(21-27)69(57,58)59)43-37(47-39)49(13-17-53)14-18-54)29-11-9-25(33(23-29)71(63,64)65)7-8-26-10-12-30(24-34(26)72(66,67)68)52(42)40-46-36(28-4-2-6-32(22-28)70(60,61)62)44-38(48-40)50(15-19-55)16-20-56/h1-12,21-24,53-56H,13-20,41-42H2,(H,57,58,59)(H,60,61,62)(H,63,64,65)(H,66,67,68). The van der Waals surface area contributed by atoms with E-state index in [-0.39, 0.29) is 83.4 Å². The summed E-state index contributed by atoms with van der Waals surface area (Å²) in [5.74, 6) is 11.2. The fourth-order valence-electron chi connectivity index (χ4n) is 6.64. The molecule has 0 bridgehead atoms. The number of rotatable bonds is 22. The van der Waals surface area contributed by atoms with E-state index in [1.165, 1.54) is 46.2 Å². The van der Waals surface area contributed by atoms with Crippen molar-refractivity contribution < 1.29 is 72.3 Å². The van der Waals surface area contributed by atoms with Crippen LogP contribution in [0.25, 0.3) is 34.9 Å². The highest BCUT2D eigenvalue weighted by Crippen LogP contribution is 2.32. The molecule has 0 saturated heterocycles. The summed E-state index contributed by atoms with van der Waals surface area (Å²) in [5, 5.41) is 40.3. The topological polar surface area (TPSA) is 441 Å². The number of hydrogen-bond acceptors (Lipinski definition) is 24. The number of aliphatic hydroxyl groups excluding tert-OH is 4. The Balaban J connectivity index is 1.40. The summed E-state index contributed by atoms with van der Waals surface area (Å²) >= 11 is 0. The van der Waals surface area contributed by atoms with Gasteiger partial charge in [0.1, 0.15) is 9.79 Å². The van der Waals surface area contributed by atoms with Crippen LogP contribution in [0.1, 0.15) is 11.1 Å². The first-order valence-electron chi connectivity index (χ1n) is 20.5. The summed E-state index contributed by atoms with van der Waals surface area (Å²) in [6, 6.07) is 16.2. The second-order valence-corrected chi connectivity index (χ2v) is 20.5. The average Bonchev–Trinajstić information content (AvgIpc) is 3.33. The number of hydrazine groups is 2. The molecule has 2 heterocycles. The van der Waals surface area contributed by atoms with Crippen molar-refractivity contribution in [1.29, 1.82) is 0 Å². The SMILES string of the molecule is NN(c1ccc(C=Cc2ccc(N(N)c3nc(-c4cccc(S(=O)(=O)O)c4)nc(N(CCO)CCO)n3)cc2S(=O)(=O)O)c(S(=O)(=O)O)c1)c1nc(-c2cccc(S(=O)(=O)O)c2)nc(N(CCO)CCO)n1. The first-order valence-corrected chi connectivity index (χ1v) is 26.2. The van der Waals surface area contributed by atoms with Crippen LogP contribution in [0.15, 0.2) is 105 Å². The molecule has 32 heteroatoms. The van der Waals surface area contributed by atoms with Gasteiger partial charge in [-0.15, -0.1) is 0 Å². The molecule has 6 aromatic rings. The van der Waals surface area contributed by atoms with Crippen LogP contribution < -0.4 is 31.5 Å². The Morgan fingerprint density at radius 1 is 0.431 bits per heavy atom. The molecule has 0 saturated carbocycles. The molecule has 0 aliphatic heterocycles. The average molecular weight is 1080 g/mol. The van der Waals surface area contributed by atoms with E-state index in [2.05, 4.69) is 29.9 Å². The first kappa shape index (κ1) is 54.6. The monoisotopic (exact) mass is 1080 g/mol. The second kappa shape index (κ2) is 22.3. The predicted octanol–water partition coefficient (Wildman–Crippen LogP) is 0.153. The van der Waals surface area contributed by atoms with Crippen LogP contribution in [0.4, 0.5) is 35.2 Å². The lowest BCUT2D eigenvalue weighted by molar-refractivity contribution is 0.279. The number of hydrogen-bond donors (Lipinski definition) is 10. The van der Waals surface area contributed by atoms with E-state index >= 15 is 0 Å². The number of aromatic nitrogens is 6. The maximum atomic E-state index is 12.9. The first-order chi connectivity index (χ1) is 33.9. The molecule has 6 rings (SSSR count). The largest absolute Gasteiger partial charge is 0.395 e. The molecule has 28 nitrogen and oxygen atoms in total. The Morgan fingerprint density at radius 3 is 1.07 bits per heavy atom. The third-order valence-corrected chi connectivity index (χ3v) is 13.5. The minimum atomic E-state index is -5.13. The normalized spacial score (nSPS) is 12.3. The summed E-state index contributed by atoms with van der Waals surface area (Å²) in [5.41, 5.74) is -0.831. The summed E-state index contributed by atoms with van der Waals surface area (Å²) in [6.45, 7) is -2.19. The van der Waals surface area contributed by atoms with Crippen LogP contribution in [0, 0.1) is 0 Å². The Morgan fingerprint density at radius 2 is 0.764 bits per heavy atom. The van der Waals surface area contributed by atoms with E-state index in [0.29, 0.717) is 0 Å². The Labute approximate surface area is 410 Å². The maximum Gasteiger partial charge on any atom is 0.295 e. The van der Waals surface area contributed by atoms with Gasteiger partial charge in [-0.3, -0.25) is 18.2 Å². The van der Waals surface area contributed by atoms with E-state index in [9.17, 15) is 72.3 Å². The van der Waals surface area contributed by atoms with Crippen LogP contribution in [0.5, 0.6) is 0 Å². The molecule has 0 radical (unpaired) electrons. The lowest BCUT2D eigenvalue weighted by atomic mass is 10.1. The Kier molecular flexibility index (Phi) is 16.9. The van der Waals surface area contributed by atoms with Gasteiger partial charge in [-0.25, -0.2) is 21.7 Å². The fourth-order valence-corrected chi connectivity index (χ4v) is 9.10. The van der Waals surface area contributed by atoms with Crippen molar-refractivity contribution in [1.82, 2.24) is 29.9 Å². The summed E-state index contributed by atoms with van der Waals surface area (Å²) < 4.78 is 139. The number of nitrogens with zero attached hydrogens (tertiary/aromatic N) is 10. The van der Waals surface area contributed by atoms with Gasteiger partial charge in [0.15, 0.2) is 11.6 Å². The van der Waals surface area contributed by atoms with E-state index in [4.69, 9.17) is 11.7 Å². The molecule has 0 aliphatic rings. The number of nitrogens with two attached hydrogens (primary N) is 2. The summed E-state index contributed by atoms with van der Waals surface area (Å²) in [7, 11) is -19.7. The lowest BCUT2D eigenvalue weighted by Crippen LogP contribution is -2.33. The maximum absolute atomic E-state index is 12.9. The van der Waals surface area contributed by atoms with Gasteiger partial charge in [-0.1, -0.05) is 48.6 Å². The number of benzene rings is 4. The van der Waals surface area contributed by atoms with Crippen molar-refractivity contribution in [3.63, 3.8) is 0 Å². The van der Waals surface area contributed by atoms with E-state index in [1.807, 2.05) is 0 Å². The van der Waals surface area contributed by atoms with Crippen LogP contribution in [-0.2, 0) is 40.5 Å². The number of anilines is 6. The van der Waals surface area contributed by atoms with Crippen molar-refractivity contribution in [2.75, 3.05) is 72.4 Å². The second-order valence-electron chi connectivity index (χ2n) is 14.9. The molecule has 12 N–H and O–H groups in total. The molecule has 0 aliphatic carbocycles. The summed E-state index contributed by atoms with van der Waals surface area (Å²) in [6.07, 6.45) is 2.14. The van der Waals surface area contributed by atoms with Gasteiger partial charge in [0, 0.05) is 37.3 Å². The summed E-state index contributed by atoms with van der Waals surface area (Å²) in [4.78, 5) is 25.9. The molecule has 0 spiro atoms. The van der Waals surface area contributed by atoms with Crippen LogP contribution in [0.3, 0.4) is 0 Å². The van der Waals surface area contributed by atoms with E-state index in [1.54, 1.807) is 0 Å². The van der Waals surface area contributed by atoms with Crippen LogP contribution in [-0.4, -0.2) is 155 Å². The zero-order chi connectivity index (χ0) is 52.8. The molecule has 384 valence electrons.